The Morgan fingerprint density at radius 1 is 0.213 bits per heavy atom. The van der Waals surface area contributed by atoms with Crippen LogP contribution in [0.15, 0.2) is 109 Å². The van der Waals surface area contributed by atoms with E-state index in [1.54, 1.807) is 0 Å². The van der Waals surface area contributed by atoms with Crippen LogP contribution in [0.1, 0.15) is 66.8 Å². The van der Waals surface area contributed by atoms with Gasteiger partial charge < -0.3 is 0 Å². The summed E-state index contributed by atoms with van der Waals surface area (Å²) in [6.45, 7) is 64.6. The van der Waals surface area contributed by atoms with E-state index in [4.69, 9.17) is 39.4 Å². The Bertz CT molecular complexity index is 2050. The molecule has 0 amide bonds. The Morgan fingerprint density at radius 3 is 0.344 bits per heavy atom. The summed E-state index contributed by atoms with van der Waals surface area (Å²) in [5, 5.41) is 0. The fourth-order valence-electron chi connectivity index (χ4n) is 5.89. The first kappa shape index (κ1) is 53.9. The van der Waals surface area contributed by atoms with Gasteiger partial charge in [-0.3, -0.25) is 0 Å². The molecule has 0 aliphatic rings. The molecule has 0 spiro atoms. The predicted molar refractivity (Wildman–Crippen MR) is 253 cm³/mol. The molecule has 0 bridgehead atoms. The van der Waals surface area contributed by atoms with Gasteiger partial charge >= 0.3 is 0 Å². The van der Waals surface area contributed by atoms with Crippen molar-refractivity contribution in [2.45, 2.75) is 83.1 Å². The molecule has 7 heteroatoms. The van der Waals surface area contributed by atoms with Gasteiger partial charge in [-0.15, -0.1) is 0 Å². The molecule has 0 fully saturated rings. The second-order valence-electron chi connectivity index (χ2n) is 14.1. The van der Waals surface area contributed by atoms with Gasteiger partial charge in [0.05, 0.1) is 39.4 Å². The maximum absolute atomic E-state index is 6.85. The topological polar surface area (TPSA) is 26.2 Å². The van der Waals surface area contributed by atoms with Gasteiger partial charge in [-0.2, -0.15) is 0 Å². The van der Waals surface area contributed by atoms with Crippen molar-refractivity contribution in [1.29, 1.82) is 0 Å². The Morgan fingerprint density at radius 2 is 0.295 bits per heavy atom. The monoisotopic (exact) mass is 884 g/mol. The average Bonchev–Trinajstić information content (AvgIpc) is 3.20. The van der Waals surface area contributed by atoms with Gasteiger partial charge in [-0.1, -0.05) is 109 Å². The zero-order chi connectivity index (χ0) is 45.4. The van der Waals surface area contributed by atoms with Crippen LogP contribution in [0.3, 0.4) is 0 Å². The van der Waals surface area contributed by atoms with Crippen molar-refractivity contribution in [1.82, 2.24) is 0 Å². The van der Waals surface area contributed by atoms with Gasteiger partial charge in [0.25, 0.3) is 0 Å². The molecule has 306 valence electrons. The molecule has 6 aromatic rings. The Hall–Kier alpha value is -7.05. The molecule has 0 saturated carbocycles. The zero-order valence-corrected chi connectivity index (χ0v) is 39.5. The molecule has 0 atom stereocenters. The Balaban J connectivity index is 0.000000706. The van der Waals surface area contributed by atoms with Crippen molar-refractivity contribution >= 4 is 34.1 Å². The Labute approximate surface area is 380 Å². The SMILES string of the molecule is [C-]#[N+]c1c(C)cccc1C.[C-]#[N+]c1c(C)cccc1C.[C-]#[N+]c1c(C)cccc1C.[C-]#[N+]c1c(C)cccc1C.[C-]#[N+]c1c(C)cccc1C.[C-]#[N+]c1c(C)cccc1C.[Mo]. The first-order valence-electron chi connectivity index (χ1n) is 19.1. The van der Waals surface area contributed by atoms with Crippen LogP contribution in [0.25, 0.3) is 29.1 Å². The van der Waals surface area contributed by atoms with Crippen molar-refractivity contribution in [3.05, 3.63) is 244 Å². The van der Waals surface area contributed by atoms with Crippen molar-refractivity contribution in [2.75, 3.05) is 0 Å². The second kappa shape index (κ2) is 28.4. The van der Waals surface area contributed by atoms with E-state index in [0.29, 0.717) is 0 Å². The average molecular weight is 883 g/mol. The van der Waals surface area contributed by atoms with Crippen LogP contribution >= 0.6 is 0 Å². The van der Waals surface area contributed by atoms with Gasteiger partial charge in [-0.25, -0.2) is 29.1 Å². The maximum Gasteiger partial charge on any atom is 0.193 e. The summed E-state index contributed by atoms with van der Waals surface area (Å²) < 4.78 is 0. The third kappa shape index (κ3) is 17.4. The maximum atomic E-state index is 6.85. The summed E-state index contributed by atoms with van der Waals surface area (Å²) in [4.78, 5) is 20.5. The summed E-state index contributed by atoms with van der Waals surface area (Å²) in [5.41, 5.74) is 17.5. The van der Waals surface area contributed by atoms with Crippen LogP contribution in [0.2, 0.25) is 0 Å². The molecular weight excluding hydrogens is 829 g/mol. The van der Waals surface area contributed by atoms with Crippen molar-refractivity contribution in [3.8, 4) is 0 Å². The quantitative estimate of drug-likeness (QED) is 0.107. The van der Waals surface area contributed by atoms with E-state index in [-0.39, 0.29) is 21.1 Å². The van der Waals surface area contributed by atoms with Crippen LogP contribution in [0.4, 0.5) is 34.1 Å². The van der Waals surface area contributed by atoms with E-state index in [1.165, 1.54) is 0 Å². The largest absolute Gasteiger partial charge is 0.238 e. The number of rotatable bonds is 0. The molecule has 0 aliphatic heterocycles. The van der Waals surface area contributed by atoms with Gasteiger partial charge in [0.2, 0.25) is 0 Å². The van der Waals surface area contributed by atoms with Crippen LogP contribution in [-0.2, 0) is 21.1 Å². The molecule has 0 aliphatic carbocycles. The fourth-order valence-corrected chi connectivity index (χ4v) is 5.89. The second-order valence-corrected chi connectivity index (χ2v) is 14.1. The molecule has 6 rings (SSSR count). The molecule has 0 saturated heterocycles. The molecule has 0 heterocycles. The zero-order valence-electron chi connectivity index (χ0n) is 37.5. The minimum Gasteiger partial charge on any atom is -0.238 e. The normalized spacial score (nSPS) is 8.75. The Kier molecular flexibility index (Phi) is 25.1. The molecule has 0 aromatic heterocycles. The number of nitrogens with zero attached hydrogens (tertiary/aromatic N) is 6. The van der Waals surface area contributed by atoms with Crippen molar-refractivity contribution in [3.63, 3.8) is 0 Å². The number of aryl methyl sites for hydroxylation is 12. The number of hydrogen-bond donors (Lipinski definition) is 0. The first-order valence-corrected chi connectivity index (χ1v) is 19.1. The molecule has 0 N–H and O–H groups in total. The van der Waals surface area contributed by atoms with E-state index in [1.807, 2.05) is 192 Å². The summed E-state index contributed by atoms with van der Waals surface area (Å²) in [6.07, 6.45) is 0. The van der Waals surface area contributed by atoms with Crippen LogP contribution in [-0.4, -0.2) is 0 Å². The standard InChI is InChI=1S/6C9H9N.Mo/c6*1-7-5-4-6-8(2)9(7)10-3;/h6*4-6H,1-2H3;. The number of para-hydroxylation sites is 6. The van der Waals surface area contributed by atoms with Crippen LogP contribution in [0.5, 0.6) is 0 Å². The number of hydrogen-bond acceptors (Lipinski definition) is 0. The van der Waals surface area contributed by atoms with E-state index in [2.05, 4.69) is 29.1 Å². The molecule has 0 radical (unpaired) electrons. The molecular formula is C54H54MoN6. The fraction of sp³-hybridized carbons (Fsp3) is 0.222. The molecule has 6 nitrogen and oxygen atoms in total. The third-order valence-corrected chi connectivity index (χ3v) is 9.31. The smallest absolute Gasteiger partial charge is 0.193 e. The number of benzene rings is 6. The minimum atomic E-state index is 0. The predicted octanol–water partition coefficient (Wildman–Crippen LogP) is 17.1. The first-order chi connectivity index (χ1) is 28.5. The summed E-state index contributed by atoms with van der Waals surface area (Å²) in [5.74, 6) is 0. The van der Waals surface area contributed by atoms with E-state index >= 15 is 0 Å². The summed E-state index contributed by atoms with van der Waals surface area (Å²) in [6, 6.07) is 35.3. The van der Waals surface area contributed by atoms with E-state index in [0.717, 1.165) is 101 Å². The van der Waals surface area contributed by atoms with Crippen LogP contribution in [0, 0.1) is 123 Å². The van der Waals surface area contributed by atoms with E-state index < -0.39 is 0 Å². The van der Waals surface area contributed by atoms with Crippen molar-refractivity contribution in [2.24, 2.45) is 0 Å². The summed E-state index contributed by atoms with van der Waals surface area (Å²) in [7, 11) is 0. The third-order valence-electron chi connectivity index (χ3n) is 9.31. The summed E-state index contributed by atoms with van der Waals surface area (Å²) >= 11 is 0. The van der Waals surface area contributed by atoms with Gasteiger partial charge in [-0.05, 0) is 150 Å². The molecule has 61 heavy (non-hydrogen) atoms. The van der Waals surface area contributed by atoms with Crippen LogP contribution < -0.4 is 0 Å². The van der Waals surface area contributed by atoms with Gasteiger partial charge in [0.15, 0.2) is 34.1 Å². The van der Waals surface area contributed by atoms with Gasteiger partial charge in [0.1, 0.15) is 0 Å². The minimum absolute atomic E-state index is 0. The molecule has 0 unspecified atom stereocenters. The molecule has 6 aromatic carbocycles. The van der Waals surface area contributed by atoms with Gasteiger partial charge in [0, 0.05) is 21.1 Å². The van der Waals surface area contributed by atoms with Crippen molar-refractivity contribution < 1.29 is 21.1 Å². The van der Waals surface area contributed by atoms with E-state index in [9.17, 15) is 0 Å².